The molecule has 0 aliphatic carbocycles. The van der Waals surface area contributed by atoms with Gasteiger partial charge in [0.15, 0.2) is 16.3 Å². The zero-order valence-corrected chi connectivity index (χ0v) is 16.6. The van der Waals surface area contributed by atoms with Crippen LogP contribution in [0.25, 0.3) is 6.08 Å². The molecule has 0 saturated heterocycles. The highest BCUT2D eigenvalue weighted by Crippen LogP contribution is 2.35. The number of rotatable bonds is 3. The predicted molar refractivity (Wildman–Crippen MR) is 100 cm³/mol. The Balaban J connectivity index is 2.12. The third-order valence-electron chi connectivity index (χ3n) is 3.90. The second-order valence-electron chi connectivity index (χ2n) is 5.51. The minimum atomic E-state index is -0.493. The van der Waals surface area contributed by atoms with Crippen LogP contribution in [-0.4, -0.2) is 29.9 Å². The molecule has 1 aromatic heterocycles. The largest absolute Gasteiger partial charge is 0.503 e. The van der Waals surface area contributed by atoms with Gasteiger partial charge in [-0.25, -0.2) is 9.79 Å². The van der Waals surface area contributed by atoms with Crippen LogP contribution < -0.4 is 19.6 Å². The highest BCUT2D eigenvalue weighted by atomic mass is 79.9. The average molecular weight is 439 g/mol. The molecule has 0 bridgehead atoms. The van der Waals surface area contributed by atoms with Gasteiger partial charge in [0.2, 0.25) is 0 Å². The molecular weight excluding hydrogens is 424 g/mol. The molecule has 2 aromatic rings. The fourth-order valence-electron chi connectivity index (χ4n) is 2.53. The van der Waals surface area contributed by atoms with Gasteiger partial charge >= 0.3 is 5.97 Å². The van der Waals surface area contributed by atoms with Crippen LogP contribution in [-0.2, 0) is 16.1 Å². The predicted octanol–water partition coefficient (Wildman–Crippen LogP) is 1.30. The van der Waals surface area contributed by atoms with E-state index in [4.69, 9.17) is 9.47 Å². The van der Waals surface area contributed by atoms with Gasteiger partial charge in [-0.2, -0.15) is 0 Å². The van der Waals surface area contributed by atoms with E-state index in [1.54, 1.807) is 25.1 Å². The van der Waals surface area contributed by atoms with Gasteiger partial charge in [0.1, 0.15) is 0 Å². The Morgan fingerprint density at radius 2 is 2.15 bits per heavy atom. The number of allylic oxidation sites excluding steroid dienone is 1. The lowest BCUT2D eigenvalue weighted by Gasteiger charge is -2.11. The van der Waals surface area contributed by atoms with E-state index in [1.807, 2.05) is 0 Å². The van der Waals surface area contributed by atoms with E-state index >= 15 is 0 Å². The van der Waals surface area contributed by atoms with Gasteiger partial charge in [-0.3, -0.25) is 9.36 Å². The lowest BCUT2D eigenvalue weighted by Crippen LogP contribution is -2.35. The van der Waals surface area contributed by atoms with Crippen LogP contribution in [0.4, 0.5) is 0 Å². The molecule has 0 amide bonds. The van der Waals surface area contributed by atoms with Crippen molar-refractivity contribution in [1.82, 2.24) is 4.57 Å². The number of carbonyl (C=O) groups is 1. The first-order valence-electron chi connectivity index (χ1n) is 7.50. The smallest absolute Gasteiger partial charge is 0.337 e. The number of halogens is 1. The zero-order chi connectivity index (χ0) is 19.0. The number of thiazole rings is 1. The third-order valence-corrected chi connectivity index (χ3v) is 5.52. The maximum Gasteiger partial charge on any atom is 0.337 e. The summed E-state index contributed by atoms with van der Waals surface area (Å²) in [5.41, 5.74) is 1.34. The number of phenols is 1. The normalized spacial score (nSPS) is 14.1. The van der Waals surface area contributed by atoms with E-state index in [0.29, 0.717) is 36.4 Å². The molecule has 26 heavy (non-hydrogen) atoms. The maximum atomic E-state index is 12.7. The third kappa shape index (κ3) is 3.19. The number of hydrogen-bond donors (Lipinski definition) is 1. The summed E-state index contributed by atoms with van der Waals surface area (Å²) in [6, 6.07) is 3.31. The van der Waals surface area contributed by atoms with Crippen molar-refractivity contribution in [2.45, 2.75) is 13.5 Å². The zero-order valence-electron chi connectivity index (χ0n) is 14.2. The monoisotopic (exact) mass is 438 g/mol. The fraction of sp³-hybridized carbons (Fsp3) is 0.235. The SMILES string of the molecule is COC(=O)C1=C(C)N=c2sc(=Cc3cc(Br)c(O)c(OC)c3)c(=O)n2C1. The summed E-state index contributed by atoms with van der Waals surface area (Å²) in [4.78, 5) is 29.4. The first-order chi connectivity index (χ1) is 12.3. The van der Waals surface area contributed by atoms with Gasteiger partial charge < -0.3 is 14.6 Å². The molecule has 0 spiro atoms. The van der Waals surface area contributed by atoms with E-state index in [-0.39, 0.29) is 17.9 Å². The number of esters is 1. The first-order valence-corrected chi connectivity index (χ1v) is 9.11. The molecule has 0 saturated carbocycles. The van der Waals surface area contributed by atoms with Crippen LogP contribution in [0, 0.1) is 0 Å². The Morgan fingerprint density at radius 3 is 2.81 bits per heavy atom. The number of aromatic nitrogens is 1. The van der Waals surface area contributed by atoms with Crippen LogP contribution in [0.3, 0.4) is 0 Å². The molecule has 7 nitrogen and oxygen atoms in total. The first kappa shape index (κ1) is 18.4. The molecule has 0 radical (unpaired) electrons. The molecule has 1 aliphatic heterocycles. The molecule has 9 heteroatoms. The van der Waals surface area contributed by atoms with Gasteiger partial charge in [-0.1, -0.05) is 11.3 Å². The van der Waals surface area contributed by atoms with Crippen LogP contribution >= 0.6 is 27.3 Å². The summed E-state index contributed by atoms with van der Waals surface area (Å²) in [5.74, 6) is -0.209. The van der Waals surface area contributed by atoms with Gasteiger partial charge in [-0.15, -0.1) is 0 Å². The Kier molecular flexibility index (Phi) is 5.01. The van der Waals surface area contributed by atoms with E-state index < -0.39 is 5.97 Å². The minimum Gasteiger partial charge on any atom is -0.503 e. The van der Waals surface area contributed by atoms with Crippen molar-refractivity contribution in [3.8, 4) is 11.5 Å². The molecule has 136 valence electrons. The van der Waals surface area contributed by atoms with Gasteiger partial charge in [0.05, 0.1) is 41.0 Å². The van der Waals surface area contributed by atoms with Crippen LogP contribution in [0.5, 0.6) is 11.5 Å². The summed E-state index contributed by atoms with van der Waals surface area (Å²) in [6.45, 7) is 1.84. The Hall–Kier alpha value is -2.39. The molecule has 3 rings (SSSR count). The number of fused-ring (bicyclic) bond motifs is 1. The highest BCUT2D eigenvalue weighted by molar-refractivity contribution is 9.10. The number of aromatic hydroxyl groups is 1. The van der Waals surface area contributed by atoms with Crippen molar-refractivity contribution in [3.63, 3.8) is 0 Å². The second kappa shape index (κ2) is 7.08. The molecular formula is C17H15BrN2O5S. The summed E-state index contributed by atoms with van der Waals surface area (Å²) in [6.07, 6.45) is 1.69. The number of methoxy groups -OCH3 is 2. The van der Waals surface area contributed by atoms with Crippen molar-refractivity contribution < 1.29 is 19.4 Å². The highest BCUT2D eigenvalue weighted by Gasteiger charge is 2.21. The van der Waals surface area contributed by atoms with Crippen molar-refractivity contribution in [2.24, 2.45) is 4.99 Å². The van der Waals surface area contributed by atoms with Crippen molar-refractivity contribution in [3.05, 3.63) is 53.1 Å². The minimum absolute atomic E-state index is 0.00982. The molecule has 2 heterocycles. The van der Waals surface area contributed by atoms with Gasteiger partial charge in [-0.05, 0) is 46.6 Å². The number of benzene rings is 1. The lowest BCUT2D eigenvalue weighted by molar-refractivity contribution is -0.136. The number of phenolic OH excluding ortho intramolecular Hbond substituents is 1. The number of hydrogen-bond acceptors (Lipinski definition) is 7. The van der Waals surface area contributed by atoms with E-state index in [1.165, 1.54) is 30.1 Å². The number of carbonyl (C=O) groups excluding carboxylic acids is 1. The summed E-state index contributed by atoms with van der Waals surface area (Å²) in [7, 11) is 2.75. The standard InChI is InChI=1S/C17H15BrN2O5S/c1-8-10(16(23)25-3)7-20-15(22)13(26-17(20)19-8)6-9-4-11(18)14(21)12(5-9)24-2/h4-6,21H,7H2,1-3H3. The number of nitrogens with zero attached hydrogens (tertiary/aromatic N) is 2. The summed E-state index contributed by atoms with van der Waals surface area (Å²) >= 11 is 4.49. The van der Waals surface area contributed by atoms with E-state index in [0.717, 1.165) is 0 Å². The van der Waals surface area contributed by atoms with E-state index in [9.17, 15) is 14.7 Å². The summed E-state index contributed by atoms with van der Waals surface area (Å²) in [5, 5.41) is 9.90. The maximum absolute atomic E-state index is 12.7. The van der Waals surface area contributed by atoms with Crippen LogP contribution in [0.2, 0.25) is 0 Å². The Bertz CT molecular complexity index is 1110. The van der Waals surface area contributed by atoms with Crippen molar-refractivity contribution in [2.75, 3.05) is 14.2 Å². The Labute approximate surface area is 160 Å². The molecule has 0 unspecified atom stereocenters. The topological polar surface area (TPSA) is 90.1 Å². The summed E-state index contributed by atoms with van der Waals surface area (Å²) < 4.78 is 12.2. The number of ether oxygens (including phenoxy) is 2. The molecule has 1 aliphatic rings. The van der Waals surface area contributed by atoms with Crippen molar-refractivity contribution in [1.29, 1.82) is 0 Å². The molecule has 0 atom stereocenters. The van der Waals surface area contributed by atoms with E-state index in [2.05, 4.69) is 20.9 Å². The van der Waals surface area contributed by atoms with Gasteiger partial charge in [0.25, 0.3) is 5.56 Å². The average Bonchev–Trinajstić information content (AvgIpc) is 2.91. The lowest BCUT2D eigenvalue weighted by atomic mass is 10.2. The molecule has 0 fully saturated rings. The fourth-order valence-corrected chi connectivity index (χ4v) is 4.02. The van der Waals surface area contributed by atoms with Crippen LogP contribution in [0.1, 0.15) is 12.5 Å². The van der Waals surface area contributed by atoms with Crippen LogP contribution in [0.15, 0.2) is 37.7 Å². The second-order valence-corrected chi connectivity index (χ2v) is 7.37. The molecule has 1 aromatic carbocycles. The van der Waals surface area contributed by atoms with Gasteiger partial charge in [0, 0.05) is 0 Å². The van der Waals surface area contributed by atoms with Crippen molar-refractivity contribution >= 4 is 39.3 Å². The Morgan fingerprint density at radius 1 is 1.42 bits per heavy atom. The quantitative estimate of drug-likeness (QED) is 0.729. The molecule has 1 N–H and O–H groups in total.